The first-order valence-electron chi connectivity index (χ1n) is 9.73. The Balaban J connectivity index is 0.000000285. The lowest BCUT2D eigenvalue weighted by molar-refractivity contribution is 1.43. The maximum atomic E-state index is 8.97. The highest BCUT2D eigenvalue weighted by atomic mass is 79.9. The second-order valence-electron chi connectivity index (χ2n) is 6.58. The molecular formula is C28H23Br2N. The van der Waals surface area contributed by atoms with Gasteiger partial charge in [-0.05, 0) is 79.3 Å². The van der Waals surface area contributed by atoms with Gasteiger partial charge in [-0.25, -0.2) is 0 Å². The van der Waals surface area contributed by atoms with Crippen LogP contribution in [0.15, 0.2) is 118 Å². The summed E-state index contributed by atoms with van der Waals surface area (Å²) in [5, 5.41) is 8.97. The average molecular weight is 533 g/mol. The minimum atomic E-state index is 0.690. The summed E-state index contributed by atoms with van der Waals surface area (Å²) >= 11 is 6.58. The summed E-state index contributed by atoms with van der Waals surface area (Å²) in [7, 11) is 0. The van der Waals surface area contributed by atoms with Gasteiger partial charge >= 0.3 is 0 Å². The smallest absolute Gasteiger partial charge is 0.0944 e. The molecule has 0 amide bonds. The molecule has 3 aromatic carbocycles. The molecule has 0 atom stereocenters. The van der Waals surface area contributed by atoms with Gasteiger partial charge in [-0.1, -0.05) is 103 Å². The Hall–Kier alpha value is -2.93. The third-order valence-corrected chi connectivity index (χ3v) is 4.49. The van der Waals surface area contributed by atoms with E-state index in [1.54, 1.807) is 0 Å². The molecule has 3 rings (SSSR count). The first-order valence-corrected chi connectivity index (χ1v) is 11.3. The van der Waals surface area contributed by atoms with Crippen LogP contribution in [0.1, 0.15) is 23.6 Å². The van der Waals surface area contributed by atoms with Gasteiger partial charge in [-0.3, -0.25) is 0 Å². The summed E-state index contributed by atoms with van der Waals surface area (Å²) in [5.74, 6) is 0. The van der Waals surface area contributed by atoms with E-state index in [1.165, 1.54) is 5.56 Å². The van der Waals surface area contributed by atoms with Crippen LogP contribution in [0.4, 0.5) is 0 Å². The lowest BCUT2D eigenvalue weighted by Crippen LogP contribution is -1.78. The van der Waals surface area contributed by atoms with Crippen molar-refractivity contribution >= 4 is 50.1 Å². The number of benzene rings is 3. The van der Waals surface area contributed by atoms with Crippen LogP contribution in [0.5, 0.6) is 0 Å². The summed E-state index contributed by atoms with van der Waals surface area (Å²) in [5.41, 5.74) is 5.14. The van der Waals surface area contributed by atoms with Gasteiger partial charge in [0.1, 0.15) is 0 Å². The molecule has 0 fully saturated rings. The van der Waals surface area contributed by atoms with Crippen molar-refractivity contribution in [2.24, 2.45) is 0 Å². The summed E-state index contributed by atoms with van der Waals surface area (Å²) < 4.78 is 0.964. The Morgan fingerprint density at radius 2 is 1.16 bits per heavy atom. The summed E-state index contributed by atoms with van der Waals surface area (Å²) in [4.78, 5) is 0. The highest BCUT2D eigenvalue weighted by Gasteiger charge is 1.93. The minimum Gasteiger partial charge on any atom is -0.193 e. The van der Waals surface area contributed by atoms with E-state index in [0.717, 1.165) is 20.1 Å². The molecule has 0 aliphatic carbocycles. The van der Waals surface area contributed by atoms with Gasteiger partial charge in [0.25, 0.3) is 0 Å². The lowest BCUT2D eigenvalue weighted by Gasteiger charge is -1.98. The quantitative estimate of drug-likeness (QED) is 0.237. The number of halogens is 2. The molecule has 0 spiro atoms. The predicted octanol–water partition coefficient (Wildman–Crippen LogP) is 9.03. The molecule has 3 aromatic rings. The number of nitrogens with zero attached hydrogens (tertiary/aromatic N) is 1. The standard InChI is InChI=1S/C20H17N.C8H6Br2/c1-17(16-21)14-20(15-19-10-6-3-7-11-19)13-12-18-8-4-2-5-9-18;9-8(10)6-7-4-2-1-3-5-7/h2-15H,1H3;1-6H. The largest absolute Gasteiger partial charge is 0.193 e. The van der Waals surface area contributed by atoms with Gasteiger partial charge in [-0.15, -0.1) is 0 Å². The molecule has 0 N–H and O–H groups in total. The Morgan fingerprint density at radius 3 is 1.61 bits per heavy atom. The van der Waals surface area contributed by atoms with Gasteiger partial charge in [-0.2, -0.15) is 5.26 Å². The lowest BCUT2D eigenvalue weighted by atomic mass is 10.1. The highest BCUT2D eigenvalue weighted by molar-refractivity contribution is 9.28. The average Bonchev–Trinajstić information content (AvgIpc) is 2.79. The van der Waals surface area contributed by atoms with Crippen LogP contribution in [0.2, 0.25) is 0 Å². The van der Waals surface area contributed by atoms with Crippen LogP contribution in [-0.2, 0) is 0 Å². The summed E-state index contributed by atoms with van der Waals surface area (Å²) in [6.07, 6.45) is 10.0. The van der Waals surface area contributed by atoms with Crippen molar-refractivity contribution in [1.29, 1.82) is 5.26 Å². The van der Waals surface area contributed by atoms with E-state index in [1.807, 2.05) is 104 Å². The third-order valence-electron chi connectivity index (χ3n) is 4.04. The SMILES string of the molecule is BrC(Br)=Cc1ccccc1.CC(C#N)=CC(C=Cc1ccccc1)=Cc1ccccc1. The van der Waals surface area contributed by atoms with Crippen molar-refractivity contribution in [3.8, 4) is 6.07 Å². The van der Waals surface area contributed by atoms with Crippen molar-refractivity contribution in [3.05, 3.63) is 134 Å². The maximum absolute atomic E-state index is 8.97. The number of hydrogen-bond acceptors (Lipinski definition) is 1. The van der Waals surface area contributed by atoms with Gasteiger partial charge in [0.05, 0.1) is 9.46 Å². The molecule has 154 valence electrons. The molecule has 0 saturated heterocycles. The van der Waals surface area contributed by atoms with Gasteiger partial charge < -0.3 is 0 Å². The maximum Gasteiger partial charge on any atom is 0.0944 e. The zero-order valence-corrected chi connectivity index (χ0v) is 20.4. The Morgan fingerprint density at radius 1 is 0.710 bits per heavy atom. The normalized spacial score (nSPS) is 11.3. The third kappa shape index (κ3) is 10.6. The number of rotatable bonds is 5. The molecule has 31 heavy (non-hydrogen) atoms. The van der Waals surface area contributed by atoms with Crippen molar-refractivity contribution in [2.75, 3.05) is 0 Å². The van der Waals surface area contributed by atoms with E-state index in [9.17, 15) is 0 Å². The van der Waals surface area contributed by atoms with E-state index >= 15 is 0 Å². The van der Waals surface area contributed by atoms with Crippen LogP contribution >= 0.6 is 31.9 Å². The first kappa shape index (κ1) is 24.3. The molecular weight excluding hydrogens is 510 g/mol. The van der Waals surface area contributed by atoms with Crippen LogP contribution in [0.25, 0.3) is 18.2 Å². The molecule has 0 radical (unpaired) electrons. The fourth-order valence-electron chi connectivity index (χ4n) is 2.59. The van der Waals surface area contributed by atoms with Crippen molar-refractivity contribution in [3.63, 3.8) is 0 Å². The van der Waals surface area contributed by atoms with Crippen LogP contribution in [0.3, 0.4) is 0 Å². The number of nitriles is 1. The fourth-order valence-corrected chi connectivity index (χ4v) is 3.12. The summed E-state index contributed by atoms with van der Waals surface area (Å²) in [6.45, 7) is 1.81. The molecule has 0 saturated carbocycles. The van der Waals surface area contributed by atoms with E-state index in [-0.39, 0.29) is 0 Å². The molecule has 0 bridgehead atoms. The zero-order valence-electron chi connectivity index (χ0n) is 17.3. The van der Waals surface area contributed by atoms with Gasteiger partial charge in [0.15, 0.2) is 0 Å². The van der Waals surface area contributed by atoms with E-state index in [4.69, 9.17) is 5.26 Å². The number of hydrogen-bond donors (Lipinski definition) is 0. The van der Waals surface area contributed by atoms with E-state index < -0.39 is 0 Å². The fraction of sp³-hybridized carbons (Fsp3) is 0.0357. The van der Waals surface area contributed by atoms with E-state index in [0.29, 0.717) is 5.57 Å². The summed E-state index contributed by atoms with van der Waals surface area (Å²) in [6, 6.07) is 32.5. The molecule has 1 nitrogen and oxygen atoms in total. The number of allylic oxidation sites excluding steroid dienone is 4. The van der Waals surface area contributed by atoms with E-state index in [2.05, 4.69) is 62.2 Å². The molecule has 0 heterocycles. The molecule has 0 unspecified atom stereocenters. The predicted molar refractivity (Wildman–Crippen MR) is 142 cm³/mol. The molecule has 0 aromatic heterocycles. The molecule has 0 aliphatic heterocycles. The Kier molecular flexibility index (Phi) is 11.1. The van der Waals surface area contributed by atoms with Crippen LogP contribution in [-0.4, -0.2) is 0 Å². The Bertz CT molecular complexity index is 1080. The highest BCUT2D eigenvalue weighted by Crippen LogP contribution is 2.17. The molecule has 0 aliphatic rings. The Labute approximate surface area is 202 Å². The monoisotopic (exact) mass is 531 g/mol. The molecule has 3 heteroatoms. The first-order chi connectivity index (χ1) is 15.1. The van der Waals surface area contributed by atoms with Crippen molar-refractivity contribution < 1.29 is 0 Å². The van der Waals surface area contributed by atoms with Gasteiger partial charge in [0, 0.05) is 5.57 Å². The van der Waals surface area contributed by atoms with Crippen molar-refractivity contribution in [2.45, 2.75) is 6.92 Å². The topological polar surface area (TPSA) is 23.8 Å². The second kappa shape index (κ2) is 14.1. The minimum absolute atomic E-state index is 0.690. The van der Waals surface area contributed by atoms with Gasteiger partial charge in [0.2, 0.25) is 0 Å². The zero-order chi connectivity index (χ0) is 22.3. The van der Waals surface area contributed by atoms with Crippen LogP contribution in [0, 0.1) is 11.3 Å². The van der Waals surface area contributed by atoms with Crippen LogP contribution < -0.4 is 0 Å². The second-order valence-corrected chi connectivity index (χ2v) is 9.36. The van der Waals surface area contributed by atoms with Crippen molar-refractivity contribution in [1.82, 2.24) is 0 Å².